The first kappa shape index (κ1) is 11.1. The maximum absolute atomic E-state index is 12.0. The summed E-state index contributed by atoms with van der Waals surface area (Å²) in [6, 6.07) is 1.85. The SMILES string of the molecule is CCCc1cc(C(=O)N2CCOCC2)n[nH]1. The van der Waals surface area contributed by atoms with E-state index in [4.69, 9.17) is 4.74 Å². The highest BCUT2D eigenvalue weighted by molar-refractivity contribution is 5.92. The van der Waals surface area contributed by atoms with Gasteiger partial charge in [-0.15, -0.1) is 0 Å². The summed E-state index contributed by atoms with van der Waals surface area (Å²) in [7, 11) is 0. The number of aromatic amines is 1. The number of hydrogen-bond acceptors (Lipinski definition) is 3. The molecule has 1 saturated heterocycles. The monoisotopic (exact) mass is 223 g/mol. The van der Waals surface area contributed by atoms with E-state index < -0.39 is 0 Å². The predicted octanol–water partition coefficient (Wildman–Crippen LogP) is 0.835. The summed E-state index contributed by atoms with van der Waals surface area (Å²) in [4.78, 5) is 13.8. The van der Waals surface area contributed by atoms with Gasteiger partial charge >= 0.3 is 0 Å². The molecule has 0 saturated carbocycles. The van der Waals surface area contributed by atoms with Crippen molar-refractivity contribution in [2.75, 3.05) is 26.3 Å². The van der Waals surface area contributed by atoms with Crippen molar-refractivity contribution in [3.63, 3.8) is 0 Å². The standard InChI is InChI=1S/C11H17N3O2/c1-2-3-9-8-10(13-12-9)11(15)14-4-6-16-7-5-14/h8H,2-7H2,1H3,(H,12,13). The largest absolute Gasteiger partial charge is 0.378 e. The van der Waals surface area contributed by atoms with E-state index in [2.05, 4.69) is 17.1 Å². The molecule has 1 aliphatic rings. The van der Waals surface area contributed by atoms with E-state index in [1.807, 2.05) is 6.07 Å². The summed E-state index contributed by atoms with van der Waals surface area (Å²) in [5, 5.41) is 6.95. The Morgan fingerprint density at radius 2 is 2.31 bits per heavy atom. The molecule has 1 aromatic heterocycles. The van der Waals surface area contributed by atoms with Crippen LogP contribution >= 0.6 is 0 Å². The average molecular weight is 223 g/mol. The number of morpholine rings is 1. The van der Waals surface area contributed by atoms with Gasteiger partial charge in [-0.3, -0.25) is 9.89 Å². The van der Waals surface area contributed by atoms with Crippen molar-refractivity contribution in [3.8, 4) is 0 Å². The number of aryl methyl sites for hydroxylation is 1. The Balaban J connectivity index is 2.01. The van der Waals surface area contributed by atoms with Crippen LogP contribution in [-0.4, -0.2) is 47.3 Å². The van der Waals surface area contributed by atoms with E-state index in [9.17, 15) is 4.79 Å². The van der Waals surface area contributed by atoms with Gasteiger partial charge in [0.05, 0.1) is 13.2 Å². The van der Waals surface area contributed by atoms with E-state index in [1.165, 1.54) is 0 Å². The van der Waals surface area contributed by atoms with Crippen molar-refractivity contribution in [2.45, 2.75) is 19.8 Å². The van der Waals surface area contributed by atoms with Gasteiger partial charge in [0.1, 0.15) is 5.69 Å². The van der Waals surface area contributed by atoms with E-state index >= 15 is 0 Å². The number of H-pyrrole nitrogens is 1. The normalized spacial score (nSPS) is 16.4. The highest BCUT2D eigenvalue weighted by atomic mass is 16.5. The van der Waals surface area contributed by atoms with E-state index in [0.717, 1.165) is 18.5 Å². The topological polar surface area (TPSA) is 58.2 Å². The molecule has 16 heavy (non-hydrogen) atoms. The van der Waals surface area contributed by atoms with E-state index in [0.29, 0.717) is 32.0 Å². The number of aromatic nitrogens is 2. The van der Waals surface area contributed by atoms with Gasteiger partial charge in [-0.25, -0.2) is 0 Å². The molecule has 0 bridgehead atoms. The smallest absolute Gasteiger partial charge is 0.274 e. The molecule has 1 aliphatic heterocycles. The minimum Gasteiger partial charge on any atom is -0.378 e. The summed E-state index contributed by atoms with van der Waals surface area (Å²) in [6.45, 7) is 4.67. The van der Waals surface area contributed by atoms with Crippen molar-refractivity contribution in [1.82, 2.24) is 15.1 Å². The second kappa shape index (κ2) is 5.12. The number of carbonyl (C=O) groups is 1. The highest BCUT2D eigenvalue weighted by Gasteiger charge is 2.20. The third kappa shape index (κ3) is 2.41. The van der Waals surface area contributed by atoms with Crippen LogP contribution < -0.4 is 0 Å². The maximum atomic E-state index is 12.0. The Morgan fingerprint density at radius 1 is 1.56 bits per heavy atom. The molecule has 2 rings (SSSR count). The molecule has 0 aromatic carbocycles. The first-order chi connectivity index (χ1) is 7.81. The average Bonchev–Trinajstić information content (AvgIpc) is 2.78. The van der Waals surface area contributed by atoms with Crippen LogP contribution in [0.2, 0.25) is 0 Å². The Bertz CT molecular complexity index is 356. The van der Waals surface area contributed by atoms with Gasteiger partial charge in [0.2, 0.25) is 0 Å². The number of nitrogens with zero attached hydrogens (tertiary/aromatic N) is 2. The quantitative estimate of drug-likeness (QED) is 0.826. The summed E-state index contributed by atoms with van der Waals surface area (Å²) >= 11 is 0. The minimum absolute atomic E-state index is 0.00176. The molecule has 88 valence electrons. The molecular weight excluding hydrogens is 206 g/mol. The third-order valence-electron chi connectivity index (χ3n) is 2.67. The molecule has 1 fully saturated rings. The second-order valence-corrected chi connectivity index (χ2v) is 3.93. The number of carbonyl (C=O) groups excluding carboxylic acids is 1. The first-order valence-corrected chi connectivity index (χ1v) is 5.72. The first-order valence-electron chi connectivity index (χ1n) is 5.72. The summed E-state index contributed by atoms with van der Waals surface area (Å²) < 4.78 is 5.21. The maximum Gasteiger partial charge on any atom is 0.274 e. The predicted molar refractivity (Wildman–Crippen MR) is 59.3 cm³/mol. The molecule has 0 atom stereocenters. The van der Waals surface area contributed by atoms with Crippen LogP contribution in [0.1, 0.15) is 29.5 Å². The van der Waals surface area contributed by atoms with Crippen molar-refractivity contribution in [2.24, 2.45) is 0 Å². The Kier molecular flexibility index (Phi) is 3.56. The van der Waals surface area contributed by atoms with Gasteiger partial charge in [0, 0.05) is 18.8 Å². The van der Waals surface area contributed by atoms with Gasteiger partial charge in [0.25, 0.3) is 5.91 Å². The van der Waals surface area contributed by atoms with E-state index in [-0.39, 0.29) is 5.91 Å². The molecule has 0 aliphatic carbocycles. The third-order valence-corrected chi connectivity index (χ3v) is 2.67. The zero-order valence-electron chi connectivity index (χ0n) is 9.53. The van der Waals surface area contributed by atoms with Gasteiger partial charge in [0.15, 0.2) is 0 Å². The van der Waals surface area contributed by atoms with Gasteiger partial charge in [-0.05, 0) is 12.5 Å². The number of ether oxygens (including phenoxy) is 1. The number of hydrogen-bond donors (Lipinski definition) is 1. The molecule has 1 aromatic rings. The minimum atomic E-state index is 0.00176. The fourth-order valence-corrected chi connectivity index (χ4v) is 1.80. The Morgan fingerprint density at radius 3 is 3.00 bits per heavy atom. The van der Waals surface area contributed by atoms with Gasteiger partial charge in [-0.1, -0.05) is 13.3 Å². The highest BCUT2D eigenvalue weighted by Crippen LogP contribution is 2.07. The fraction of sp³-hybridized carbons (Fsp3) is 0.636. The van der Waals surface area contributed by atoms with Gasteiger partial charge < -0.3 is 9.64 Å². The van der Waals surface area contributed by atoms with Crippen LogP contribution in [0, 0.1) is 0 Å². The molecular formula is C11H17N3O2. The van der Waals surface area contributed by atoms with Crippen LogP contribution in [0.4, 0.5) is 0 Å². The molecule has 0 radical (unpaired) electrons. The number of amides is 1. The molecule has 1 amide bonds. The Labute approximate surface area is 94.8 Å². The zero-order chi connectivity index (χ0) is 11.4. The van der Waals surface area contributed by atoms with Crippen LogP contribution in [0.5, 0.6) is 0 Å². The lowest BCUT2D eigenvalue weighted by molar-refractivity contribution is 0.0299. The van der Waals surface area contributed by atoms with Crippen molar-refractivity contribution < 1.29 is 9.53 Å². The second-order valence-electron chi connectivity index (χ2n) is 3.93. The lowest BCUT2D eigenvalue weighted by Crippen LogP contribution is -2.40. The van der Waals surface area contributed by atoms with Crippen molar-refractivity contribution in [3.05, 3.63) is 17.5 Å². The fourth-order valence-electron chi connectivity index (χ4n) is 1.80. The van der Waals surface area contributed by atoms with Crippen molar-refractivity contribution in [1.29, 1.82) is 0 Å². The molecule has 5 nitrogen and oxygen atoms in total. The molecule has 2 heterocycles. The molecule has 0 unspecified atom stereocenters. The van der Waals surface area contributed by atoms with Crippen LogP contribution in [0.15, 0.2) is 6.07 Å². The van der Waals surface area contributed by atoms with Crippen LogP contribution in [0.25, 0.3) is 0 Å². The van der Waals surface area contributed by atoms with Crippen LogP contribution in [-0.2, 0) is 11.2 Å². The molecule has 0 spiro atoms. The summed E-state index contributed by atoms with van der Waals surface area (Å²) in [5.74, 6) is 0.00176. The van der Waals surface area contributed by atoms with E-state index in [1.54, 1.807) is 4.90 Å². The number of rotatable bonds is 3. The summed E-state index contributed by atoms with van der Waals surface area (Å²) in [5.41, 5.74) is 1.55. The molecule has 5 heteroatoms. The lowest BCUT2D eigenvalue weighted by atomic mass is 10.2. The van der Waals surface area contributed by atoms with Crippen LogP contribution in [0.3, 0.4) is 0 Å². The number of nitrogens with one attached hydrogen (secondary N) is 1. The van der Waals surface area contributed by atoms with Gasteiger partial charge in [-0.2, -0.15) is 5.10 Å². The zero-order valence-corrected chi connectivity index (χ0v) is 9.53. The van der Waals surface area contributed by atoms with Crippen molar-refractivity contribution >= 4 is 5.91 Å². The molecule has 1 N–H and O–H groups in total. The Hall–Kier alpha value is -1.36. The lowest BCUT2D eigenvalue weighted by Gasteiger charge is -2.25. The summed E-state index contributed by atoms with van der Waals surface area (Å²) in [6.07, 6.45) is 1.98.